The van der Waals surface area contributed by atoms with Crippen LogP contribution < -0.4 is 5.32 Å². The molecule has 1 aromatic heterocycles. The zero-order valence-electron chi connectivity index (χ0n) is 8.93. The molecule has 0 atom stereocenters. The predicted octanol–water partition coefficient (Wildman–Crippen LogP) is 1.25. The standard InChI is InChI=1S/C8H14N4O2.ClH/c1-6(2)9-5-7-4-8(12(13)14)10-11(7)3;/h4,6,9H,5H2,1-3H3;1H. The van der Waals surface area contributed by atoms with Crippen molar-refractivity contribution in [1.82, 2.24) is 15.1 Å². The van der Waals surface area contributed by atoms with Crippen molar-refractivity contribution in [3.05, 3.63) is 21.9 Å². The summed E-state index contributed by atoms with van der Waals surface area (Å²) in [4.78, 5) is 9.93. The minimum Gasteiger partial charge on any atom is -0.358 e. The van der Waals surface area contributed by atoms with E-state index in [1.807, 2.05) is 13.8 Å². The Morgan fingerprint density at radius 2 is 2.27 bits per heavy atom. The third-order valence-corrected chi connectivity index (χ3v) is 1.84. The van der Waals surface area contributed by atoms with Gasteiger partial charge in [-0.15, -0.1) is 12.4 Å². The molecule has 6 nitrogen and oxygen atoms in total. The predicted molar refractivity (Wildman–Crippen MR) is 59.1 cm³/mol. The fraction of sp³-hybridized carbons (Fsp3) is 0.625. The quantitative estimate of drug-likeness (QED) is 0.629. The molecule has 0 spiro atoms. The largest absolute Gasteiger partial charge is 0.390 e. The monoisotopic (exact) mass is 234 g/mol. The lowest BCUT2D eigenvalue weighted by molar-refractivity contribution is -0.389. The van der Waals surface area contributed by atoms with Gasteiger partial charge in [0.25, 0.3) is 0 Å². The van der Waals surface area contributed by atoms with Crippen LogP contribution in [-0.4, -0.2) is 20.7 Å². The third kappa shape index (κ3) is 3.85. The van der Waals surface area contributed by atoms with Crippen molar-refractivity contribution >= 4 is 18.2 Å². The van der Waals surface area contributed by atoms with Gasteiger partial charge in [-0.1, -0.05) is 13.8 Å². The lowest BCUT2D eigenvalue weighted by Gasteiger charge is -2.05. The molecule has 1 aromatic rings. The van der Waals surface area contributed by atoms with Crippen LogP contribution in [0.3, 0.4) is 0 Å². The SMILES string of the molecule is CC(C)NCc1cc([N+](=O)[O-])nn1C.Cl. The summed E-state index contributed by atoms with van der Waals surface area (Å²) in [5.41, 5.74) is 0.811. The molecule has 1 rings (SSSR count). The summed E-state index contributed by atoms with van der Waals surface area (Å²) in [7, 11) is 1.70. The van der Waals surface area contributed by atoms with Crippen LogP contribution in [0.15, 0.2) is 6.07 Å². The highest BCUT2D eigenvalue weighted by Crippen LogP contribution is 2.10. The van der Waals surface area contributed by atoms with E-state index in [1.165, 1.54) is 10.7 Å². The Bertz CT molecular complexity index is 337. The molecule has 0 amide bonds. The maximum atomic E-state index is 10.4. The molecule has 0 fully saturated rings. The molecule has 0 aromatic carbocycles. The molecule has 7 heteroatoms. The molecule has 0 saturated carbocycles. The first kappa shape index (κ1) is 13.9. The first-order chi connectivity index (χ1) is 6.50. The fourth-order valence-electron chi connectivity index (χ4n) is 1.05. The number of halogens is 1. The highest BCUT2D eigenvalue weighted by atomic mass is 35.5. The summed E-state index contributed by atoms with van der Waals surface area (Å²) in [6.45, 7) is 4.63. The maximum Gasteiger partial charge on any atom is 0.390 e. The Balaban J connectivity index is 0.00000196. The van der Waals surface area contributed by atoms with Gasteiger partial charge < -0.3 is 15.4 Å². The van der Waals surface area contributed by atoms with Crippen molar-refractivity contribution < 1.29 is 4.92 Å². The number of nitrogens with one attached hydrogen (secondary N) is 1. The Labute approximate surface area is 94.2 Å². The average molecular weight is 235 g/mol. The molecular weight excluding hydrogens is 220 g/mol. The number of nitro groups is 1. The lowest BCUT2D eigenvalue weighted by atomic mass is 10.3. The van der Waals surface area contributed by atoms with Gasteiger partial charge in [0.2, 0.25) is 0 Å². The van der Waals surface area contributed by atoms with Gasteiger partial charge in [-0.3, -0.25) is 0 Å². The lowest BCUT2D eigenvalue weighted by Crippen LogP contribution is -2.23. The van der Waals surface area contributed by atoms with Crippen molar-refractivity contribution in [2.45, 2.75) is 26.4 Å². The highest BCUT2D eigenvalue weighted by molar-refractivity contribution is 5.85. The normalized spacial score (nSPS) is 10.1. The Morgan fingerprint density at radius 3 is 2.67 bits per heavy atom. The van der Waals surface area contributed by atoms with Crippen LogP contribution in [0.2, 0.25) is 0 Å². The van der Waals surface area contributed by atoms with Crippen LogP contribution in [-0.2, 0) is 13.6 Å². The van der Waals surface area contributed by atoms with Crippen molar-refractivity contribution in [2.75, 3.05) is 0 Å². The second-order valence-electron chi connectivity index (χ2n) is 3.41. The molecule has 0 unspecified atom stereocenters. The Hall–Kier alpha value is -1.14. The van der Waals surface area contributed by atoms with Crippen molar-refractivity contribution in [3.8, 4) is 0 Å². The first-order valence-electron chi connectivity index (χ1n) is 4.41. The molecule has 0 saturated heterocycles. The van der Waals surface area contributed by atoms with E-state index < -0.39 is 4.92 Å². The topological polar surface area (TPSA) is 73.0 Å². The summed E-state index contributed by atoms with van der Waals surface area (Å²) in [5, 5.41) is 17.4. The summed E-state index contributed by atoms with van der Waals surface area (Å²) < 4.78 is 1.52. The summed E-state index contributed by atoms with van der Waals surface area (Å²) >= 11 is 0. The van der Waals surface area contributed by atoms with Gasteiger partial charge in [0.15, 0.2) is 0 Å². The zero-order valence-corrected chi connectivity index (χ0v) is 9.74. The van der Waals surface area contributed by atoms with E-state index in [2.05, 4.69) is 10.4 Å². The number of hydrogen-bond acceptors (Lipinski definition) is 4. The first-order valence-corrected chi connectivity index (χ1v) is 4.41. The number of aromatic nitrogens is 2. The summed E-state index contributed by atoms with van der Waals surface area (Å²) in [6, 6.07) is 1.83. The second kappa shape index (κ2) is 5.67. The van der Waals surface area contributed by atoms with Gasteiger partial charge >= 0.3 is 5.82 Å². The Kier molecular flexibility index (Phi) is 5.24. The molecule has 1 heterocycles. The van der Waals surface area contributed by atoms with Gasteiger partial charge in [0.1, 0.15) is 0 Å². The van der Waals surface area contributed by atoms with Gasteiger partial charge in [-0.2, -0.15) is 4.68 Å². The van der Waals surface area contributed by atoms with Crippen molar-refractivity contribution in [2.24, 2.45) is 7.05 Å². The van der Waals surface area contributed by atoms with Crippen molar-refractivity contribution in [3.63, 3.8) is 0 Å². The van der Waals surface area contributed by atoms with Crippen LogP contribution in [0.25, 0.3) is 0 Å². The van der Waals surface area contributed by atoms with E-state index in [9.17, 15) is 10.1 Å². The van der Waals surface area contributed by atoms with Gasteiger partial charge in [-0.05, 0) is 4.92 Å². The van der Waals surface area contributed by atoms with E-state index in [4.69, 9.17) is 0 Å². The minimum absolute atomic E-state index is 0. The van der Waals surface area contributed by atoms with E-state index in [0.29, 0.717) is 12.6 Å². The van der Waals surface area contributed by atoms with Crippen LogP contribution in [0, 0.1) is 10.1 Å². The van der Waals surface area contributed by atoms with Gasteiger partial charge in [0.05, 0.1) is 23.9 Å². The summed E-state index contributed by atoms with van der Waals surface area (Å²) in [6.07, 6.45) is 0. The maximum absolute atomic E-state index is 10.4. The van der Waals surface area contributed by atoms with E-state index in [1.54, 1.807) is 7.05 Å². The molecule has 15 heavy (non-hydrogen) atoms. The van der Waals surface area contributed by atoms with Crippen molar-refractivity contribution in [1.29, 1.82) is 0 Å². The zero-order chi connectivity index (χ0) is 10.7. The second-order valence-corrected chi connectivity index (χ2v) is 3.41. The van der Waals surface area contributed by atoms with Crippen LogP contribution in [0.5, 0.6) is 0 Å². The number of rotatable bonds is 4. The number of aryl methyl sites for hydroxylation is 1. The van der Waals surface area contributed by atoms with Gasteiger partial charge in [-0.25, -0.2) is 0 Å². The van der Waals surface area contributed by atoms with E-state index >= 15 is 0 Å². The molecule has 86 valence electrons. The van der Waals surface area contributed by atoms with Crippen LogP contribution in [0.1, 0.15) is 19.5 Å². The third-order valence-electron chi connectivity index (χ3n) is 1.84. The number of nitrogens with zero attached hydrogens (tertiary/aromatic N) is 3. The smallest absolute Gasteiger partial charge is 0.358 e. The average Bonchev–Trinajstić information content (AvgIpc) is 2.43. The Morgan fingerprint density at radius 1 is 1.67 bits per heavy atom. The van der Waals surface area contributed by atoms with E-state index in [0.717, 1.165) is 5.69 Å². The molecule has 0 aliphatic carbocycles. The minimum atomic E-state index is -0.487. The van der Waals surface area contributed by atoms with E-state index in [-0.39, 0.29) is 18.2 Å². The number of hydrogen-bond donors (Lipinski definition) is 1. The molecule has 0 bridgehead atoms. The summed E-state index contributed by atoms with van der Waals surface area (Å²) in [5.74, 6) is -0.104. The molecule has 1 N–H and O–H groups in total. The highest BCUT2D eigenvalue weighted by Gasteiger charge is 2.14. The van der Waals surface area contributed by atoms with Crippen LogP contribution in [0.4, 0.5) is 5.82 Å². The molecule has 0 aliphatic heterocycles. The molecule has 0 aliphatic rings. The molecular formula is C8H15ClN4O2. The fourth-order valence-corrected chi connectivity index (χ4v) is 1.05. The van der Waals surface area contributed by atoms with Crippen LogP contribution >= 0.6 is 12.4 Å². The van der Waals surface area contributed by atoms with Gasteiger partial charge in [0, 0.05) is 12.6 Å². The molecule has 0 radical (unpaired) electrons.